The van der Waals surface area contributed by atoms with Gasteiger partial charge in [-0.05, 0) is 55.7 Å². The van der Waals surface area contributed by atoms with Crippen LogP contribution in [0.4, 0.5) is 5.69 Å². The minimum atomic E-state index is -3.83. The van der Waals surface area contributed by atoms with Crippen LogP contribution in [0.15, 0.2) is 77.7 Å². The lowest BCUT2D eigenvalue weighted by atomic mass is 10.0. The number of rotatable bonds is 7. The molecule has 2 N–H and O–H groups in total. The minimum Gasteiger partial charge on any atom is -0.345 e. The van der Waals surface area contributed by atoms with E-state index in [9.17, 15) is 13.2 Å². The van der Waals surface area contributed by atoms with Crippen LogP contribution < -0.4 is 10.0 Å². The van der Waals surface area contributed by atoms with Crippen molar-refractivity contribution >= 4 is 21.6 Å². The molecular weight excluding hydrogens is 396 g/mol. The Balaban J connectivity index is 1.85. The SMILES string of the molecule is CCC(NC(=O)c1ccc(C)c(S(=O)(=O)Nc2ccc(C)cc2)c1)c1ccccc1. The summed E-state index contributed by atoms with van der Waals surface area (Å²) in [5.74, 6) is -0.308. The van der Waals surface area contributed by atoms with Gasteiger partial charge in [0.1, 0.15) is 0 Å². The van der Waals surface area contributed by atoms with E-state index in [1.165, 1.54) is 6.07 Å². The summed E-state index contributed by atoms with van der Waals surface area (Å²) in [6.07, 6.45) is 0.724. The Labute approximate surface area is 178 Å². The average molecular weight is 423 g/mol. The van der Waals surface area contributed by atoms with Gasteiger partial charge in [-0.3, -0.25) is 9.52 Å². The summed E-state index contributed by atoms with van der Waals surface area (Å²) < 4.78 is 28.5. The van der Waals surface area contributed by atoms with Crippen molar-refractivity contribution < 1.29 is 13.2 Å². The third-order valence-electron chi connectivity index (χ3n) is 4.96. The number of aryl methyl sites for hydroxylation is 2. The largest absolute Gasteiger partial charge is 0.345 e. The number of amides is 1. The molecule has 0 fully saturated rings. The molecule has 0 aromatic heterocycles. The first-order chi connectivity index (χ1) is 14.3. The summed E-state index contributed by atoms with van der Waals surface area (Å²) in [5, 5.41) is 3.00. The van der Waals surface area contributed by atoms with Crippen LogP contribution in [0.1, 0.15) is 46.4 Å². The smallest absolute Gasteiger partial charge is 0.262 e. The highest BCUT2D eigenvalue weighted by molar-refractivity contribution is 7.92. The second-order valence-electron chi connectivity index (χ2n) is 7.30. The predicted molar refractivity (Wildman–Crippen MR) is 120 cm³/mol. The Kier molecular flexibility index (Phi) is 6.57. The van der Waals surface area contributed by atoms with E-state index >= 15 is 0 Å². The molecule has 3 aromatic rings. The topological polar surface area (TPSA) is 75.3 Å². The van der Waals surface area contributed by atoms with E-state index in [2.05, 4.69) is 10.0 Å². The Bertz CT molecular complexity index is 1120. The Morgan fingerprint density at radius 2 is 1.60 bits per heavy atom. The van der Waals surface area contributed by atoms with E-state index in [0.29, 0.717) is 16.8 Å². The van der Waals surface area contributed by atoms with E-state index in [-0.39, 0.29) is 16.8 Å². The number of benzene rings is 3. The number of nitrogens with one attached hydrogen (secondary N) is 2. The Morgan fingerprint density at radius 1 is 0.933 bits per heavy atom. The maximum Gasteiger partial charge on any atom is 0.262 e. The molecule has 6 heteroatoms. The van der Waals surface area contributed by atoms with Crippen LogP contribution in [0.25, 0.3) is 0 Å². The molecule has 0 radical (unpaired) electrons. The quantitative estimate of drug-likeness (QED) is 0.563. The fourth-order valence-electron chi connectivity index (χ4n) is 3.21. The van der Waals surface area contributed by atoms with E-state index in [1.807, 2.05) is 56.3 Å². The van der Waals surface area contributed by atoms with Crippen molar-refractivity contribution in [3.05, 3.63) is 95.1 Å². The number of anilines is 1. The number of sulfonamides is 1. The summed E-state index contributed by atoms with van der Waals surface area (Å²) in [4.78, 5) is 12.9. The molecular formula is C24H26N2O3S. The van der Waals surface area contributed by atoms with Crippen LogP contribution in [-0.4, -0.2) is 14.3 Å². The molecule has 0 saturated carbocycles. The summed E-state index contributed by atoms with van der Waals surface area (Å²) in [5.41, 5.74) is 3.40. The van der Waals surface area contributed by atoms with Gasteiger partial charge in [-0.2, -0.15) is 0 Å². The lowest BCUT2D eigenvalue weighted by Crippen LogP contribution is -2.28. The van der Waals surface area contributed by atoms with Gasteiger partial charge in [0.05, 0.1) is 10.9 Å². The number of hydrogen-bond acceptors (Lipinski definition) is 3. The molecule has 1 atom stereocenters. The van der Waals surface area contributed by atoms with Gasteiger partial charge in [0.15, 0.2) is 0 Å². The van der Waals surface area contributed by atoms with E-state index in [1.54, 1.807) is 31.2 Å². The van der Waals surface area contributed by atoms with Crippen molar-refractivity contribution in [2.75, 3.05) is 4.72 Å². The number of carbonyl (C=O) groups excluding carboxylic acids is 1. The fraction of sp³-hybridized carbons (Fsp3) is 0.208. The van der Waals surface area contributed by atoms with Crippen LogP contribution in [-0.2, 0) is 10.0 Å². The van der Waals surface area contributed by atoms with Gasteiger partial charge in [0.25, 0.3) is 15.9 Å². The standard InChI is InChI=1S/C24H26N2O3S/c1-4-22(19-8-6-5-7-9-19)25-24(27)20-13-12-18(3)23(16-20)30(28,29)26-21-14-10-17(2)11-15-21/h5-16,22,26H,4H2,1-3H3,(H,25,27). The second-order valence-corrected chi connectivity index (χ2v) is 8.95. The van der Waals surface area contributed by atoms with Crippen molar-refractivity contribution in [3.8, 4) is 0 Å². The highest BCUT2D eigenvalue weighted by atomic mass is 32.2. The molecule has 1 amide bonds. The van der Waals surface area contributed by atoms with Gasteiger partial charge in [-0.25, -0.2) is 8.42 Å². The van der Waals surface area contributed by atoms with E-state index < -0.39 is 10.0 Å². The van der Waals surface area contributed by atoms with Crippen LogP contribution in [0.2, 0.25) is 0 Å². The molecule has 3 rings (SSSR count). The first-order valence-electron chi connectivity index (χ1n) is 9.86. The predicted octanol–water partition coefficient (Wildman–Crippen LogP) is 4.99. The molecule has 0 aliphatic carbocycles. The lowest BCUT2D eigenvalue weighted by molar-refractivity contribution is 0.0935. The maximum atomic E-state index is 12.9. The Hall–Kier alpha value is -3.12. The summed E-state index contributed by atoms with van der Waals surface area (Å²) in [7, 11) is -3.83. The molecule has 156 valence electrons. The Morgan fingerprint density at radius 3 is 2.23 bits per heavy atom. The number of carbonyl (C=O) groups is 1. The second kappa shape index (κ2) is 9.13. The van der Waals surface area contributed by atoms with Gasteiger partial charge < -0.3 is 5.32 Å². The van der Waals surface area contributed by atoms with Crippen molar-refractivity contribution in [2.45, 2.75) is 38.1 Å². The zero-order valence-electron chi connectivity index (χ0n) is 17.3. The van der Waals surface area contributed by atoms with Crippen molar-refractivity contribution in [2.24, 2.45) is 0 Å². The molecule has 0 heterocycles. The summed E-state index contributed by atoms with van der Waals surface area (Å²) in [6, 6.07) is 21.4. The van der Waals surface area contributed by atoms with E-state index in [4.69, 9.17) is 0 Å². The first kappa shape index (κ1) is 21.6. The van der Waals surface area contributed by atoms with Crippen molar-refractivity contribution in [1.82, 2.24) is 5.32 Å². The normalized spacial score (nSPS) is 12.2. The average Bonchev–Trinajstić information content (AvgIpc) is 2.74. The van der Waals surface area contributed by atoms with Gasteiger partial charge in [0, 0.05) is 11.3 Å². The molecule has 5 nitrogen and oxygen atoms in total. The van der Waals surface area contributed by atoms with Crippen LogP contribution in [0, 0.1) is 13.8 Å². The van der Waals surface area contributed by atoms with Crippen molar-refractivity contribution in [1.29, 1.82) is 0 Å². The lowest BCUT2D eigenvalue weighted by Gasteiger charge is -2.18. The molecule has 3 aromatic carbocycles. The third kappa shape index (κ3) is 5.07. The molecule has 30 heavy (non-hydrogen) atoms. The zero-order chi connectivity index (χ0) is 21.7. The fourth-order valence-corrected chi connectivity index (χ4v) is 4.54. The van der Waals surface area contributed by atoms with E-state index in [0.717, 1.165) is 17.5 Å². The maximum absolute atomic E-state index is 12.9. The highest BCUT2D eigenvalue weighted by Crippen LogP contribution is 2.22. The van der Waals surface area contributed by atoms with Gasteiger partial charge in [0.2, 0.25) is 0 Å². The van der Waals surface area contributed by atoms with Crippen LogP contribution in [0.5, 0.6) is 0 Å². The van der Waals surface area contributed by atoms with Crippen LogP contribution >= 0.6 is 0 Å². The molecule has 0 bridgehead atoms. The molecule has 0 aliphatic heterocycles. The van der Waals surface area contributed by atoms with Crippen LogP contribution in [0.3, 0.4) is 0 Å². The molecule has 0 spiro atoms. The van der Waals surface area contributed by atoms with Crippen molar-refractivity contribution in [3.63, 3.8) is 0 Å². The summed E-state index contributed by atoms with van der Waals surface area (Å²) in [6.45, 7) is 5.64. The zero-order valence-corrected chi connectivity index (χ0v) is 18.2. The van der Waals surface area contributed by atoms with Gasteiger partial charge in [-0.1, -0.05) is 61.0 Å². The minimum absolute atomic E-state index is 0.0866. The monoisotopic (exact) mass is 422 g/mol. The van der Waals surface area contributed by atoms with Gasteiger partial charge >= 0.3 is 0 Å². The number of hydrogen-bond donors (Lipinski definition) is 2. The van der Waals surface area contributed by atoms with Gasteiger partial charge in [-0.15, -0.1) is 0 Å². The molecule has 1 unspecified atom stereocenters. The third-order valence-corrected chi connectivity index (χ3v) is 6.48. The summed E-state index contributed by atoms with van der Waals surface area (Å²) >= 11 is 0. The first-order valence-corrected chi connectivity index (χ1v) is 11.3. The highest BCUT2D eigenvalue weighted by Gasteiger charge is 2.21. The molecule has 0 aliphatic rings. The molecule has 0 saturated heterocycles.